The standard InChI is InChI=1S/C13H23N3O2S/c1-3-5-14-12(9-13-15-6-7-16(13)2)11-4-8-19(17,18)10-11/h6-7,11-12,14H,3-5,8-10H2,1-2H3. The fourth-order valence-corrected chi connectivity index (χ4v) is 4.55. The molecule has 0 radical (unpaired) electrons. The van der Waals surface area contributed by atoms with Gasteiger partial charge in [-0.1, -0.05) is 6.92 Å². The summed E-state index contributed by atoms with van der Waals surface area (Å²) in [5, 5.41) is 3.50. The van der Waals surface area contributed by atoms with Crippen molar-refractivity contribution in [3.8, 4) is 0 Å². The minimum atomic E-state index is -2.82. The van der Waals surface area contributed by atoms with Crippen LogP contribution in [-0.4, -0.2) is 42.1 Å². The Balaban J connectivity index is 2.06. The number of nitrogens with one attached hydrogen (secondary N) is 1. The Morgan fingerprint density at radius 2 is 2.37 bits per heavy atom. The number of rotatable bonds is 6. The van der Waals surface area contributed by atoms with E-state index in [0.717, 1.165) is 31.6 Å². The molecule has 0 amide bonds. The van der Waals surface area contributed by atoms with Crippen LogP contribution >= 0.6 is 0 Å². The Morgan fingerprint density at radius 1 is 1.58 bits per heavy atom. The third-order valence-corrected chi connectivity index (χ3v) is 5.61. The third kappa shape index (κ3) is 3.79. The number of hydrogen-bond donors (Lipinski definition) is 1. The molecule has 1 aliphatic heterocycles. The van der Waals surface area contributed by atoms with E-state index in [4.69, 9.17) is 0 Å². The number of aryl methyl sites for hydroxylation is 1. The lowest BCUT2D eigenvalue weighted by molar-refractivity contribution is 0.371. The van der Waals surface area contributed by atoms with E-state index in [-0.39, 0.29) is 12.0 Å². The molecule has 1 N–H and O–H groups in total. The van der Waals surface area contributed by atoms with E-state index < -0.39 is 9.84 Å². The Labute approximate surface area is 115 Å². The van der Waals surface area contributed by atoms with Crippen molar-refractivity contribution in [2.24, 2.45) is 13.0 Å². The molecule has 5 nitrogen and oxygen atoms in total. The number of nitrogens with zero attached hydrogens (tertiary/aromatic N) is 2. The minimum absolute atomic E-state index is 0.207. The summed E-state index contributed by atoms with van der Waals surface area (Å²) in [5.74, 6) is 1.88. The molecule has 2 heterocycles. The lowest BCUT2D eigenvalue weighted by atomic mass is 9.96. The third-order valence-electron chi connectivity index (χ3n) is 3.82. The largest absolute Gasteiger partial charge is 0.338 e. The molecule has 1 aromatic rings. The first-order chi connectivity index (χ1) is 9.02. The molecular formula is C13H23N3O2S. The zero-order chi connectivity index (χ0) is 13.9. The lowest BCUT2D eigenvalue weighted by Crippen LogP contribution is -2.39. The van der Waals surface area contributed by atoms with Crippen molar-refractivity contribution in [2.75, 3.05) is 18.1 Å². The van der Waals surface area contributed by atoms with Crippen LogP contribution in [0, 0.1) is 5.92 Å². The van der Waals surface area contributed by atoms with Gasteiger partial charge in [-0.2, -0.15) is 0 Å². The van der Waals surface area contributed by atoms with E-state index in [2.05, 4.69) is 17.2 Å². The molecule has 6 heteroatoms. The second-order valence-electron chi connectivity index (χ2n) is 5.38. The topological polar surface area (TPSA) is 64.0 Å². The Morgan fingerprint density at radius 3 is 2.89 bits per heavy atom. The van der Waals surface area contributed by atoms with Gasteiger partial charge in [0.2, 0.25) is 0 Å². The Hall–Kier alpha value is -0.880. The molecule has 19 heavy (non-hydrogen) atoms. The van der Waals surface area contributed by atoms with Gasteiger partial charge in [0.05, 0.1) is 11.5 Å². The van der Waals surface area contributed by atoms with Gasteiger partial charge in [0.25, 0.3) is 0 Å². The highest BCUT2D eigenvalue weighted by Gasteiger charge is 2.33. The van der Waals surface area contributed by atoms with Gasteiger partial charge in [-0.25, -0.2) is 13.4 Å². The molecule has 1 fully saturated rings. The summed E-state index contributed by atoms with van der Waals surface area (Å²) >= 11 is 0. The monoisotopic (exact) mass is 285 g/mol. The van der Waals surface area contributed by atoms with Gasteiger partial charge >= 0.3 is 0 Å². The molecule has 1 aliphatic rings. The molecule has 1 aromatic heterocycles. The van der Waals surface area contributed by atoms with Crippen LogP contribution in [0.1, 0.15) is 25.6 Å². The number of sulfone groups is 1. The molecule has 0 spiro atoms. The van der Waals surface area contributed by atoms with Crippen LogP contribution in [0.2, 0.25) is 0 Å². The van der Waals surface area contributed by atoms with E-state index >= 15 is 0 Å². The average molecular weight is 285 g/mol. The maximum atomic E-state index is 11.6. The highest BCUT2D eigenvalue weighted by Crippen LogP contribution is 2.23. The average Bonchev–Trinajstić information content (AvgIpc) is 2.91. The highest BCUT2D eigenvalue weighted by atomic mass is 32.2. The van der Waals surface area contributed by atoms with Crippen LogP contribution in [0.3, 0.4) is 0 Å². The van der Waals surface area contributed by atoms with Gasteiger partial charge in [0.1, 0.15) is 5.82 Å². The molecule has 0 aliphatic carbocycles. The lowest BCUT2D eigenvalue weighted by Gasteiger charge is -2.23. The number of hydrogen-bond acceptors (Lipinski definition) is 4. The first kappa shape index (κ1) is 14.5. The van der Waals surface area contributed by atoms with Crippen molar-refractivity contribution >= 4 is 9.84 Å². The number of aromatic nitrogens is 2. The van der Waals surface area contributed by atoms with Crippen LogP contribution < -0.4 is 5.32 Å². The van der Waals surface area contributed by atoms with Crippen molar-refractivity contribution in [3.05, 3.63) is 18.2 Å². The van der Waals surface area contributed by atoms with E-state index in [1.807, 2.05) is 17.8 Å². The maximum absolute atomic E-state index is 11.6. The molecule has 2 unspecified atom stereocenters. The van der Waals surface area contributed by atoms with E-state index in [1.54, 1.807) is 6.20 Å². The normalized spacial score (nSPS) is 23.6. The molecule has 2 atom stereocenters. The van der Waals surface area contributed by atoms with Crippen LogP contribution in [0.25, 0.3) is 0 Å². The first-order valence-electron chi connectivity index (χ1n) is 6.92. The van der Waals surface area contributed by atoms with Gasteiger partial charge in [0.15, 0.2) is 9.84 Å². The van der Waals surface area contributed by atoms with Crippen molar-refractivity contribution in [1.82, 2.24) is 14.9 Å². The van der Waals surface area contributed by atoms with Gasteiger partial charge in [-0.3, -0.25) is 0 Å². The van der Waals surface area contributed by atoms with E-state index in [1.165, 1.54) is 0 Å². The zero-order valence-electron chi connectivity index (χ0n) is 11.7. The van der Waals surface area contributed by atoms with Crippen molar-refractivity contribution in [1.29, 1.82) is 0 Å². The van der Waals surface area contributed by atoms with Gasteiger partial charge in [0, 0.05) is 31.9 Å². The van der Waals surface area contributed by atoms with Crippen LogP contribution in [-0.2, 0) is 23.3 Å². The van der Waals surface area contributed by atoms with E-state index in [0.29, 0.717) is 11.5 Å². The van der Waals surface area contributed by atoms with Crippen LogP contribution in [0.4, 0.5) is 0 Å². The quantitative estimate of drug-likeness (QED) is 0.838. The predicted octanol–water partition coefficient (Wildman–Crippen LogP) is 0.766. The highest BCUT2D eigenvalue weighted by molar-refractivity contribution is 7.91. The molecule has 0 bridgehead atoms. The Kier molecular flexibility index (Phi) is 4.62. The van der Waals surface area contributed by atoms with Crippen LogP contribution in [0.15, 0.2) is 12.4 Å². The minimum Gasteiger partial charge on any atom is -0.338 e. The smallest absolute Gasteiger partial charge is 0.150 e. The maximum Gasteiger partial charge on any atom is 0.150 e. The molecule has 108 valence electrons. The summed E-state index contributed by atoms with van der Waals surface area (Å²) in [6.45, 7) is 3.04. The second kappa shape index (κ2) is 6.05. The summed E-state index contributed by atoms with van der Waals surface area (Å²) < 4.78 is 25.3. The van der Waals surface area contributed by atoms with Crippen molar-refractivity contribution in [2.45, 2.75) is 32.2 Å². The summed E-state index contributed by atoms with van der Waals surface area (Å²) in [5.41, 5.74) is 0. The zero-order valence-corrected chi connectivity index (χ0v) is 12.5. The first-order valence-corrected chi connectivity index (χ1v) is 8.74. The van der Waals surface area contributed by atoms with Gasteiger partial charge in [-0.05, 0) is 25.3 Å². The summed E-state index contributed by atoms with van der Waals surface area (Å²) in [7, 11) is -0.845. The van der Waals surface area contributed by atoms with E-state index in [9.17, 15) is 8.42 Å². The predicted molar refractivity (Wildman–Crippen MR) is 75.8 cm³/mol. The van der Waals surface area contributed by atoms with Crippen molar-refractivity contribution in [3.63, 3.8) is 0 Å². The second-order valence-corrected chi connectivity index (χ2v) is 7.61. The molecule has 1 saturated heterocycles. The molecule has 2 rings (SSSR count). The summed E-state index contributed by atoms with van der Waals surface area (Å²) in [4.78, 5) is 4.34. The molecular weight excluding hydrogens is 262 g/mol. The fourth-order valence-electron chi connectivity index (χ4n) is 2.67. The SMILES string of the molecule is CCCNC(Cc1nccn1C)C1CCS(=O)(=O)C1. The van der Waals surface area contributed by atoms with Gasteiger partial charge < -0.3 is 9.88 Å². The van der Waals surface area contributed by atoms with Crippen LogP contribution in [0.5, 0.6) is 0 Å². The summed E-state index contributed by atoms with van der Waals surface area (Å²) in [6, 6.07) is 0.207. The number of imidazole rings is 1. The summed E-state index contributed by atoms with van der Waals surface area (Å²) in [6.07, 6.45) is 6.34. The molecule has 0 saturated carbocycles. The van der Waals surface area contributed by atoms with Gasteiger partial charge in [-0.15, -0.1) is 0 Å². The fraction of sp³-hybridized carbons (Fsp3) is 0.769. The Bertz CT molecular complexity index is 510. The molecule has 0 aromatic carbocycles. The van der Waals surface area contributed by atoms with Crippen molar-refractivity contribution < 1.29 is 8.42 Å².